The lowest BCUT2D eigenvalue weighted by molar-refractivity contribution is -0.192. The minimum Gasteiger partial charge on any atom is -0.480 e. The quantitative estimate of drug-likeness (QED) is 0.0185. The smallest absolute Gasteiger partial charge is 0.480 e. The third-order valence-corrected chi connectivity index (χ3v) is 20.1. The number of halogens is 3. The van der Waals surface area contributed by atoms with Gasteiger partial charge in [-0.25, -0.2) is 4.79 Å². The summed E-state index contributed by atoms with van der Waals surface area (Å²) in [4.78, 5) is 145. The Labute approximate surface area is 640 Å². The number of hydrogen-bond donors (Lipinski definition) is 11. The minimum atomic E-state index is -5.08. The van der Waals surface area contributed by atoms with Gasteiger partial charge in [0, 0.05) is 88.6 Å². The van der Waals surface area contributed by atoms with Crippen molar-refractivity contribution < 1.29 is 81.2 Å². The van der Waals surface area contributed by atoms with Crippen LogP contribution in [-0.4, -0.2) is 185 Å². The number of ketones is 4. The van der Waals surface area contributed by atoms with Gasteiger partial charge in [0.25, 0.3) is 0 Å². The number of nitrogens with two attached hydrogens (primary N) is 4. The third kappa shape index (κ3) is 33.7. The first-order valence-electron chi connectivity index (χ1n) is 38.2. The number of carbonyl (C=O) groups excluding carboxylic acids is 8. The number of likely N-dealkylation sites (tertiary alicyclic amines) is 2. The fourth-order valence-electron chi connectivity index (χ4n) is 13.4. The highest BCUT2D eigenvalue weighted by Crippen LogP contribution is 2.29. The number of unbranched alkanes of at least 4 members (excludes halogenated alkanes) is 2. The van der Waals surface area contributed by atoms with Crippen molar-refractivity contribution in [1.29, 1.82) is 0 Å². The van der Waals surface area contributed by atoms with Crippen LogP contribution in [-0.2, 0) is 65.6 Å². The van der Waals surface area contributed by atoms with Crippen molar-refractivity contribution in [2.45, 2.75) is 198 Å². The molecule has 109 heavy (non-hydrogen) atoms. The molecule has 2 heterocycles. The largest absolute Gasteiger partial charge is 0.490 e. The number of nitrogens with zero attached hydrogens (tertiary/aromatic N) is 2. The second-order valence-corrected chi connectivity index (χ2v) is 30.2. The average molecular weight is 1530 g/mol. The molecule has 0 radical (unpaired) electrons. The van der Waals surface area contributed by atoms with Crippen LogP contribution in [0.15, 0.2) is 121 Å². The summed E-state index contributed by atoms with van der Waals surface area (Å²) in [6, 6.07) is 37.5. The normalized spacial score (nSPS) is 16.2. The van der Waals surface area contributed by atoms with Gasteiger partial charge in [0.2, 0.25) is 23.6 Å². The zero-order chi connectivity index (χ0) is 80.9. The van der Waals surface area contributed by atoms with E-state index in [1.165, 1.54) is 11.1 Å². The molecule has 24 nitrogen and oxygen atoms in total. The molecule has 2 aliphatic heterocycles. The van der Waals surface area contributed by atoms with E-state index >= 15 is 0 Å². The molecule has 0 unspecified atom stereocenters. The summed E-state index contributed by atoms with van der Waals surface area (Å²) in [6.07, 6.45) is 0.436. The molecule has 4 amide bonds. The van der Waals surface area contributed by atoms with E-state index in [-0.39, 0.29) is 161 Å². The summed E-state index contributed by atoms with van der Waals surface area (Å²) in [6.45, 7) is 15.3. The number of rotatable bonds is 44. The number of piperidine rings is 2. The van der Waals surface area contributed by atoms with E-state index < -0.39 is 70.9 Å². The maximum absolute atomic E-state index is 14.0. The number of hydrogen-bond acceptors (Lipinski definition) is 17. The fourth-order valence-corrected chi connectivity index (χ4v) is 13.4. The average Bonchev–Trinajstić information content (AvgIpc) is 0.823. The van der Waals surface area contributed by atoms with Crippen LogP contribution in [0.25, 0.3) is 0 Å². The van der Waals surface area contributed by atoms with E-state index in [9.17, 15) is 71.3 Å². The maximum Gasteiger partial charge on any atom is 0.490 e. The molecule has 0 saturated carbocycles. The van der Waals surface area contributed by atoms with Gasteiger partial charge in [0.1, 0.15) is 22.6 Å². The van der Waals surface area contributed by atoms with Crippen LogP contribution in [0.1, 0.15) is 178 Å². The van der Waals surface area contributed by atoms with E-state index in [0.29, 0.717) is 90.4 Å². The second-order valence-electron chi connectivity index (χ2n) is 30.2. The molecule has 4 aromatic carbocycles. The molecule has 602 valence electrons. The summed E-state index contributed by atoms with van der Waals surface area (Å²) < 4.78 is 31.7. The highest BCUT2D eigenvalue weighted by molar-refractivity contribution is 5.96. The Morgan fingerprint density at radius 1 is 0.459 bits per heavy atom. The van der Waals surface area contributed by atoms with Crippen molar-refractivity contribution >= 4 is 64.7 Å². The summed E-state index contributed by atoms with van der Waals surface area (Å²) in [5, 5.41) is 38.7. The van der Waals surface area contributed by atoms with Crippen molar-refractivity contribution in [2.24, 2.45) is 58.4 Å². The number of Topliss-reactive ketones (excluding diaryl/α,β-unsaturated/α-hetero) is 4. The highest BCUT2D eigenvalue weighted by atomic mass is 19.4. The molecule has 0 aromatic heterocycles. The topological polar surface area (TPSA) is 407 Å². The molecule has 15 N–H and O–H groups in total. The lowest BCUT2D eigenvalue weighted by Gasteiger charge is -2.38. The molecule has 0 bridgehead atoms. The molecular weight excluding hydrogens is 1410 g/mol. The number of carbonyl (C=O) groups is 11. The Morgan fingerprint density at radius 2 is 0.761 bits per heavy atom. The summed E-state index contributed by atoms with van der Waals surface area (Å²) >= 11 is 0. The number of carboxylic acid groups (broad SMARTS) is 3. The Balaban J connectivity index is 0.000000423. The van der Waals surface area contributed by atoms with Gasteiger partial charge >= 0.3 is 24.1 Å². The Kier molecular flexibility index (Phi) is 40.4. The minimum absolute atomic E-state index is 0.0180. The van der Waals surface area contributed by atoms with Crippen LogP contribution in [0.3, 0.4) is 0 Å². The van der Waals surface area contributed by atoms with Crippen LogP contribution < -0.4 is 44.2 Å². The Hall–Kier alpha value is -8.60. The van der Waals surface area contributed by atoms with E-state index in [2.05, 4.69) is 59.4 Å². The zero-order valence-electron chi connectivity index (χ0n) is 64.3. The first-order valence-corrected chi connectivity index (χ1v) is 38.2. The Morgan fingerprint density at radius 3 is 1.04 bits per heavy atom. The number of aliphatic carboxylic acids is 3. The zero-order valence-corrected chi connectivity index (χ0v) is 64.3. The van der Waals surface area contributed by atoms with Gasteiger partial charge in [-0.2, -0.15) is 13.2 Å². The van der Waals surface area contributed by atoms with Gasteiger partial charge in [-0.05, 0) is 136 Å². The number of amides is 4. The summed E-state index contributed by atoms with van der Waals surface area (Å²) in [5.74, 6) is -8.76. The van der Waals surface area contributed by atoms with E-state index in [1.807, 2.05) is 125 Å². The molecule has 0 aliphatic carbocycles. The summed E-state index contributed by atoms with van der Waals surface area (Å²) in [7, 11) is 0. The molecule has 2 aliphatic rings. The van der Waals surface area contributed by atoms with Crippen molar-refractivity contribution in [1.82, 2.24) is 31.1 Å². The monoisotopic (exact) mass is 1520 g/mol. The van der Waals surface area contributed by atoms with Crippen LogP contribution in [0, 0.1) is 35.5 Å². The van der Waals surface area contributed by atoms with Gasteiger partial charge in [-0.3, -0.25) is 47.9 Å². The molecular formula is C82H119F3N10O14. The first-order chi connectivity index (χ1) is 51.6. The van der Waals surface area contributed by atoms with E-state index in [4.69, 9.17) is 32.8 Å². The first kappa shape index (κ1) is 92.8. The van der Waals surface area contributed by atoms with Crippen molar-refractivity contribution in [2.75, 3.05) is 65.4 Å². The van der Waals surface area contributed by atoms with E-state index in [0.717, 1.165) is 11.1 Å². The van der Waals surface area contributed by atoms with E-state index in [1.54, 1.807) is 9.80 Å². The lowest BCUT2D eigenvalue weighted by Crippen LogP contribution is -2.57. The van der Waals surface area contributed by atoms with Crippen LogP contribution in [0.2, 0.25) is 0 Å². The standard InChI is InChI=1S/2C40H59N5O6.C2HF3O2/c2*1-28(2)22-35(36(47)25-32(16-10-11-19-41)38(49)45-20-17-40(42,18-21-45)39(50)51)44-37(48)33(23-30-12-6-4-7-13-30)24-34(46)27-43-26-29(3)31-14-8-5-9-15-31;3-2(4,5)1(6)7/h2*4-9,12-15,28-29,32-33,35,43H,10-11,16-27,41-42H2,1-3H3,(H,44,48)(H,50,51);(H,6,7)/t2*29-,32-,33-,35+;/m00./s1. The van der Waals surface area contributed by atoms with Crippen molar-refractivity contribution in [3.8, 4) is 0 Å². The Bertz CT molecular complexity index is 3270. The highest BCUT2D eigenvalue weighted by Gasteiger charge is 2.43. The molecule has 4 aromatic rings. The summed E-state index contributed by atoms with van der Waals surface area (Å²) in [5.41, 5.74) is 25.0. The predicted molar refractivity (Wildman–Crippen MR) is 411 cm³/mol. The molecule has 8 atom stereocenters. The molecule has 0 spiro atoms. The van der Waals surface area contributed by atoms with Crippen molar-refractivity contribution in [3.05, 3.63) is 144 Å². The fraction of sp³-hybridized carbons (Fsp3) is 0.573. The number of benzene rings is 4. The molecule has 27 heteroatoms. The van der Waals surface area contributed by atoms with Crippen LogP contribution in [0.4, 0.5) is 13.2 Å². The van der Waals surface area contributed by atoms with Crippen LogP contribution >= 0.6 is 0 Å². The maximum atomic E-state index is 14.0. The van der Waals surface area contributed by atoms with Crippen LogP contribution in [0.5, 0.6) is 0 Å². The van der Waals surface area contributed by atoms with Gasteiger partial charge in [-0.1, -0.05) is 176 Å². The molecule has 6 rings (SSSR count). The molecule has 2 saturated heterocycles. The van der Waals surface area contributed by atoms with Gasteiger partial charge in [-0.15, -0.1) is 0 Å². The van der Waals surface area contributed by atoms with Crippen molar-refractivity contribution in [3.63, 3.8) is 0 Å². The number of alkyl halides is 3. The number of carboxylic acids is 3. The SMILES string of the molecule is CC(C)C[C@@H](NC(=O)[C@H](CC(=O)CNC[C@H](C)c1ccccc1)Cc1ccccc1)C(=O)C[C@H](CCCCN)C(=O)N1CCC(N)(C(=O)O)CC1.CC(C)C[C@@H](NC(=O)[C@H](CC(=O)CNC[C@H](C)c1ccccc1)Cc1ccccc1)C(=O)C[C@H](CCCCN)C(=O)N1CCC(N)(C(=O)O)CC1.O=C(O)C(F)(F)F. The number of nitrogens with one attached hydrogen (secondary N) is 4. The molecule has 2 fully saturated rings. The van der Waals surface area contributed by atoms with Gasteiger partial charge < -0.3 is 69.3 Å². The third-order valence-electron chi connectivity index (χ3n) is 20.1. The second kappa shape index (κ2) is 47.5. The van der Waals surface area contributed by atoms with Gasteiger partial charge in [0.05, 0.1) is 25.2 Å². The lowest BCUT2D eigenvalue weighted by atomic mass is 9.86. The van der Waals surface area contributed by atoms with Gasteiger partial charge in [0.15, 0.2) is 11.6 Å². The predicted octanol–water partition coefficient (Wildman–Crippen LogP) is 8.31.